The van der Waals surface area contributed by atoms with E-state index in [0.29, 0.717) is 23.7 Å². The molecule has 0 saturated heterocycles. The summed E-state index contributed by atoms with van der Waals surface area (Å²) in [5.74, 6) is -0.209. The molecule has 0 saturated carbocycles. The van der Waals surface area contributed by atoms with Gasteiger partial charge in [0.1, 0.15) is 5.69 Å². The summed E-state index contributed by atoms with van der Waals surface area (Å²) < 4.78 is 0. The Hall–Kier alpha value is -3.09. The lowest BCUT2D eigenvalue weighted by Crippen LogP contribution is -2.45. The van der Waals surface area contributed by atoms with Gasteiger partial charge in [0, 0.05) is 27.7 Å². The summed E-state index contributed by atoms with van der Waals surface area (Å²) in [7, 11) is 0. The van der Waals surface area contributed by atoms with Gasteiger partial charge in [0.25, 0.3) is 5.91 Å². The minimum atomic E-state index is -0.228. The van der Waals surface area contributed by atoms with E-state index in [1.165, 1.54) is 0 Å². The summed E-state index contributed by atoms with van der Waals surface area (Å²) >= 11 is 7.71. The van der Waals surface area contributed by atoms with Crippen LogP contribution in [0.3, 0.4) is 0 Å². The summed E-state index contributed by atoms with van der Waals surface area (Å²) in [4.78, 5) is 32.1. The number of nitrogens with zero attached hydrogens (tertiary/aromatic N) is 1. The number of thiophene rings is 1. The van der Waals surface area contributed by atoms with E-state index in [-0.39, 0.29) is 23.9 Å². The normalized spacial score (nSPS) is 17.3. The Balaban J connectivity index is 1.45. The lowest BCUT2D eigenvalue weighted by atomic mass is 10.0. The third-order valence-electron chi connectivity index (χ3n) is 5.99. The summed E-state index contributed by atoms with van der Waals surface area (Å²) in [6.45, 7) is 2.11. The molecular weight excluding hydrogens is 442 g/mol. The van der Waals surface area contributed by atoms with Crippen LogP contribution in [0.1, 0.15) is 39.5 Å². The van der Waals surface area contributed by atoms with Crippen molar-refractivity contribution in [2.75, 3.05) is 0 Å². The van der Waals surface area contributed by atoms with E-state index >= 15 is 0 Å². The fourth-order valence-corrected chi connectivity index (χ4v) is 5.42. The van der Waals surface area contributed by atoms with Crippen LogP contribution in [-0.4, -0.2) is 27.7 Å². The molecule has 0 fully saturated rings. The Morgan fingerprint density at radius 1 is 1.16 bits per heavy atom. The van der Waals surface area contributed by atoms with E-state index in [0.717, 1.165) is 26.9 Å². The van der Waals surface area contributed by atoms with Gasteiger partial charge in [-0.15, -0.1) is 11.3 Å². The van der Waals surface area contributed by atoms with E-state index < -0.39 is 0 Å². The smallest absolute Gasteiger partial charge is 0.268 e. The first-order valence-corrected chi connectivity index (χ1v) is 11.7. The van der Waals surface area contributed by atoms with Gasteiger partial charge in [-0.05, 0) is 53.3 Å². The molecule has 5 nitrogen and oxygen atoms in total. The van der Waals surface area contributed by atoms with Crippen molar-refractivity contribution >= 4 is 45.7 Å². The Morgan fingerprint density at radius 3 is 2.78 bits per heavy atom. The maximum Gasteiger partial charge on any atom is 0.268 e. The second-order valence-electron chi connectivity index (χ2n) is 8.07. The highest BCUT2D eigenvalue weighted by Crippen LogP contribution is 2.37. The molecule has 2 heterocycles. The highest BCUT2D eigenvalue weighted by atomic mass is 35.5. The summed E-state index contributed by atoms with van der Waals surface area (Å²) in [6.07, 6.45) is 0.673. The zero-order chi connectivity index (χ0) is 22.2. The third kappa shape index (κ3) is 3.92. The minimum Gasteiger partial charge on any atom is -0.351 e. The number of benzene rings is 2. The Morgan fingerprint density at radius 2 is 2.00 bits per heavy atom. The van der Waals surface area contributed by atoms with Crippen molar-refractivity contribution in [3.05, 3.63) is 92.8 Å². The van der Waals surface area contributed by atoms with Crippen molar-refractivity contribution in [3.8, 4) is 0 Å². The number of fused-ring (bicyclic) bond motifs is 2. The van der Waals surface area contributed by atoms with Gasteiger partial charge in [-0.3, -0.25) is 9.59 Å². The number of hydrogen-bond acceptors (Lipinski definition) is 3. The number of rotatable bonds is 5. The molecule has 32 heavy (non-hydrogen) atoms. The Kier molecular flexibility index (Phi) is 5.49. The van der Waals surface area contributed by atoms with Crippen LogP contribution in [0.15, 0.2) is 66.0 Å². The first kappa shape index (κ1) is 20.8. The molecule has 2 unspecified atom stereocenters. The molecule has 0 aliphatic heterocycles. The van der Waals surface area contributed by atoms with E-state index in [2.05, 4.69) is 22.4 Å². The second kappa shape index (κ2) is 8.45. The van der Waals surface area contributed by atoms with Gasteiger partial charge in [-0.1, -0.05) is 41.9 Å². The largest absolute Gasteiger partial charge is 0.351 e. The van der Waals surface area contributed by atoms with Gasteiger partial charge in [0.05, 0.1) is 18.6 Å². The number of halogens is 1. The highest BCUT2D eigenvalue weighted by molar-refractivity contribution is 7.09. The number of nitrogens with one attached hydrogen (secondary N) is 2. The monoisotopic (exact) mass is 463 g/mol. The van der Waals surface area contributed by atoms with Crippen molar-refractivity contribution in [2.24, 2.45) is 0 Å². The van der Waals surface area contributed by atoms with Gasteiger partial charge < -0.3 is 15.2 Å². The molecule has 2 N–H and O–H groups in total. The molecule has 4 aromatic rings. The quantitative estimate of drug-likeness (QED) is 0.420. The van der Waals surface area contributed by atoms with Crippen LogP contribution in [0, 0.1) is 0 Å². The fourth-order valence-electron chi connectivity index (χ4n) is 4.54. The average Bonchev–Trinajstić information content (AvgIpc) is 3.50. The van der Waals surface area contributed by atoms with E-state index in [9.17, 15) is 9.59 Å². The van der Waals surface area contributed by atoms with Gasteiger partial charge in [0.15, 0.2) is 0 Å². The molecule has 2 aromatic heterocycles. The molecule has 0 spiro atoms. The fraction of sp³-hybridized carbons (Fsp3) is 0.200. The molecule has 162 valence electrons. The first-order valence-electron chi connectivity index (χ1n) is 10.5. The molecular formula is C25H22ClN3O2S. The average molecular weight is 464 g/mol. The van der Waals surface area contributed by atoms with Gasteiger partial charge >= 0.3 is 0 Å². The molecule has 2 aromatic carbocycles. The summed E-state index contributed by atoms with van der Waals surface area (Å²) in [6, 6.07) is 19.0. The zero-order valence-corrected chi connectivity index (χ0v) is 19.0. The van der Waals surface area contributed by atoms with Gasteiger partial charge in [0.2, 0.25) is 5.91 Å². The number of aromatic nitrogens is 1. The van der Waals surface area contributed by atoms with Crippen LogP contribution in [0.2, 0.25) is 5.02 Å². The Bertz CT molecular complexity index is 1300. The molecule has 7 heteroatoms. The number of H-pyrrole nitrogens is 1. The number of hydrogen-bond donors (Lipinski definition) is 2. The molecule has 1 aliphatic rings. The maximum atomic E-state index is 13.2. The predicted octanol–water partition coefficient (Wildman–Crippen LogP) is 5.33. The number of amides is 2. The first-order chi connectivity index (χ1) is 15.5. The van der Waals surface area contributed by atoms with E-state index in [1.807, 2.05) is 52.7 Å². The van der Waals surface area contributed by atoms with Gasteiger partial charge in [-0.25, -0.2) is 0 Å². The highest BCUT2D eigenvalue weighted by Gasteiger charge is 2.39. The minimum absolute atomic E-state index is 0.0143. The van der Waals surface area contributed by atoms with E-state index in [1.54, 1.807) is 24.3 Å². The Labute approximate surface area is 195 Å². The third-order valence-corrected chi connectivity index (χ3v) is 7.08. The van der Waals surface area contributed by atoms with Crippen molar-refractivity contribution < 1.29 is 9.59 Å². The van der Waals surface area contributed by atoms with Crippen LogP contribution in [0.4, 0.5) is 0 Å². The van der Waals surface area contributed by atoms with Crippen LogP contribution >= 0.6 is 22.9 Å². The molecule has 0 bridgehead atoms. The lowest BCUT2D eigenvalue weighted by Gasteiger charge is -2.33. The van der Waals surface area contributed by atoms with Crippen molar-refractivity contribution in [1.82, 2.24) is 15.2 Å². The van der Waals surface area contributed by atoms with Crippen LogP contribution in [0.25, 0.3) is 10.9 Å². The molecule has 1 aliphatic carbocycles. The zero-order valence-electron chi connectivity index (χ0n) is 17.5. The lowest BCUT2D eigenvalue weighted by molar-refractivity contribution is -0.132. The number of aromatic amines is 1. The number of carbonyl (C=O) groups excluding carboxylic acids is 2. The molecule has 5 rings (SSSR count). The van der Waals surface area contributed by atoms with Crippen LogP contribution in [-0.2, 0) is 17.8 Å². The SMILES string of the molecule is CC(=O)N(Cc1cccs1)C1c2ccccc2CC1NC(=O)c1cc2cc(Cl)ccc2[nH]1. The van der Waals surface area contributed by atoms with Gasteiger partial charge in [-0.2, -0.15) is 0 Å². The topological polar surface area (TPSA) is 65.2 Å². The molecule has 2 atom stereocenters. The second-order valence-corrected chi connectivity index (χ2v) is 9.54. The molecule has 0 radical (unpaired) electrons. The van der Waals surface area contributed by atoms with E-state index in [4.69, 9.17) is 11.6 Å². The van der Waals surface area contributed by atoms with Crippen molar-refractivity contribution in [2.45, 2.75) is 32.0 Å². The van der Waals surface area contributed by atoms with Crippen LogP contribution in [0.5, 0.6) is 0 Å². The van der Waals surface area contributed by atoms with Crippen molar-refractivity contribution in [3.63, 3.8) is 0 Å². The predicted molar refractivity (Wildman–Crippen MR) is 128 cm³/mol. The molecule has 2 amide bonds. The summed E-state index contributed by atoms with van der Waals surface area (Å²) in [5, 5.41) is 6.71. The summed E-state index contributed by atoms with van der Waals surface area (Å²) in [5.41, 5.74) is 3.58. The van der Waals surface area contributed by atoms with Crippen molar-refractivity contribution in [1.29, 1.82) is 0 Å². The maximum absolute atomic E-state index is 13.2. The number of carbonyl (C=O) groups is 2. The van der Waals surface area contributed by atoms with Crippen LogP contribution < -0.4 is 5.32 Å². The standard InChI is InChI=1S/C25H22ClN3O2S/c1-15(30)29(14-19-6-4-10-32-19)24-20-7-3-2-5-16(20)12-22(24)28-25(31)23-13-17-11-18(26)8-9-21(17)27-23/h2-11,13,22,24,27H,12,14H2,1H3,(H,28,31).